The van der Waals surface area contributed by atoms with Crippen LogP contribution in [0, 0.1) is 5.82 Å². The Balaban J connectivity index is 1.81. The Morgan fingerprint density at radius 3 is 2.56 bits per heavy atom. The second kappa shape index (κ2) is 9.44. The molecule has 0 aliphatic carbocycles. The predicted octanol–water partition coefficient (Wildman–Crippen LogP) is 5.24. The number of hydrogen-bond acceptors (Lipinski definition) is 5. The van der Waals surface area contributed by atoms with Gasteiger partial charge in [0.2, 0.25) is 0 Å². The van der Waals surface area contributed by atoms with Crippen LogP contribution in [-0.4, -0.2) is 27.9 Å². The molecule has 0 unspecified atom stereocenters. The molecule has 0 saturated heterocycles. The van der Waals surface area contributed by atoms with Crippen molar-refractivity contribution in [1.29, 1.82) is 0 Å². The third-order valence-electron chi connectivity index (χ3n) is 5.02. The molecule has 0 atom stereocenters. The van der Waals surface area contributed by atoms with E-state index in [0.29, 0.717) is 27.7 Å². The first kappa shape index (κ1) is 23.3. The summed E-state index contributed by atoms with van der Waals surface area (Å²) in [6, 6.07) is 6.33. The van der Waals surface area contributed by atoms with Crippen LogP contribution in [0.4, 0.5) is 10.2 Å². The quantitative estimate of drug-likeness (QED) is 0.533. The van der Waals surface area contributed by atoms with Crippen LogP contribution in [0.1, 0.15) is 48.0 Å². The molecule has 0 bridgehead atoms. The molecule has 2 heterocycles. The summed E-state index contributed by atoms with van der Waals surface area (Å²) in [6.07, 6.45) is 4.59. The Morgan fingerprint density at radius 1 is 1.22 bits per heavy atom. The lowest BCUT2D eigenvalue weighted by Crippen LogP contribution is -2.24. The van der Waals surface area contributed by atoms with Gasteiger partial charge in [-0.1, -0.05) is 51.1 Å². The zero-order chi connectivity index (χ0) is 23.5. The number of anilines is 1. The number of aromatic nitrogens is 3. The summed E-state index contributed by atoms with van der Waals surface area (Å²) in [7, 11) is 1.71. The van der Waals surface area contributed by atoms with Crippen molar-refractivity contribution in [3.8, 4) is 11.3 Å². The number of nitrogens with zero attached hydrogens (tertiary/aromatic N) is 3. The Labute approximate surface area is 192 Å². The van der Waals surface area contributed by atoms with Gasteiger partial charge in [-0.3, -0.25) is 9.78 Å². The van der Waals surface area contributed by atoms with Gasteiger partial charge in [0.25, 0.3) is 5.91 Å². The number of benzene rings is 1. The summed E-state index contributed by atoms with van der Waals surface area (Å²) in [5.74, 6) is -0.355. The predicted molar refractivity (Wildman–Crippen MR) is 126 cm³/mol. The first-order valence-electron chi connectivity index (χ1n) is 10.0. The van der Waals surface area contributed by atoms with Crippen LogP contribution in [0.2, 0.25) is 5.02 Å². The first-order chi connectivity index (χ1) is 15.2. The SMILES string of the molecule is C=Cc1c(NC)ncnc1-c1cc(Cl)c(CNC(=O)c2ccc(C(C)(C)C)cn2)cc1F. The Bertz CT molecular complexity index is 1160. The second-order valence-electron chi connectivity index (χ2n) is 8.23. The average Bonchev–Trinajstić information content (AvgIpc) is 2.78. The maximum atomic E-state index is 15.0. The van der Waals surface area contributed by atoms with E-state index in [2.05, 4.69) is 52.9 Å². The molecule has 0 saturated carbocycles. The molecule has 3 aromatic rings. The van der Waals surface area contributed by atoms with Gasteiger partial charge in [-0.2, -0.15) is 0 Å². The van der Waals surface area contributed by atoms with Gasteiger partial charge in [-0.15, -0.1) is 0 Å². The molecule has 6 nitrogen and oxygen atoms in total. The summed E-state index contributed by atoms with van der Waals surface area (Å²) in [5.41, 5.74) is 2.85. The molecular weight excluding hydrogens is 429 g/mol. The van der Waals surface area contributed by atoms with Gasteiger partial charge >= 0.3 is 0 Å². The molecule has 3 rings (SSSR count). The van der Waals surface area contributed by atoms with Crippen molar-refractivity contribution < 1.29 is 9.18 Å². The highest BCUT2D eigenvalue weighted by atomic mass is 35.5. The molecule has 2 aromatic heterocycles. The van der Waals surface area contributed by atoms with Crippen LogP contribution in [0.3, 0.4) is 0 Å². The second-order valence-corrected chi connectivity index (χ2v) is 8.63. The van der Waals surface area contributed by atoms with Gasteiger partial charge in [0, 0.05) is 35.9 Å². The minimum atomic E-state index is -0.518. The lowest BCUT2D eigenvalue weighted by molar-refractivity contribution is 0.0946. The maximum Gasteiger partial charge on any atom is 0.270 e. The van der Waals surface area contributed by atoms with E-state index in [1.165, 1.54) is 18.5 Å². The van der Waals surface area contributed by atoms with E-state index >= 15 is 0 Å². The molecular formula is C24H25ClFN5O. The number of amides is 1. The van der Waals surface area contributed by atoms with Crippen LogP contribution < -0.4 is 10.6 Å². The third-order valence-corrected chi connectivity index (χ3v) is 5.37. The fraction of sp³-hybridized carbons (Fsp3) is 0.250. The maximum absolute atomic E-state index is 15.0. The zero-order valence-electron chi connectivity index (χ0n) is 18.5. The highest BCUT2D eigenvalue weighted by Gasteiger charge is 2.18. The minimum Gasteiger partial charge on any atom is -0.373 e. The average molecular weight is 454 g/mol. The van der Waals surface area contributed by atoms with Crippen molar-refractivity contribution in [2.24, 2.45) is 0 Å². The highest BCUT2D eigenvalue weighted by Crippen LogP contribution is 2.32. The van der Waals surface area contributed by atoms with Crippen molar-refractivity contribution in [2.45, 2.75) is 32.7 Å². The van der Waals surface area contributed by atoms with E-state index in [1.54, 1.807) is 25.4 Å². The van der Waals surface area contributed by atoms with E-state index in [0.717, 1.165) is 5.56 Å². The summed E-state index contributed by atoms with van der Waals surface area (Å²) >= 11 is 6.40. The lowest BCUT2D eigenvalue weighted by Gasteiger charge is -2.18. The normalized spacial score (nSPS) is 11.2. The fourth-order valence-corrected chi connectivity index (χ4v) is 3.38. The van der Waals surface area contributed by atoms with Crippen molar-refractivity contribution >= 4 is 29.4 Å². The molecule has 2 N–H and O–H groups in total. The molecule has 0 aliphatic rings. The van der Waals surface area contributed by atoms with Crippen molar-refractivity contribution in [3.63, 3.8) is 0 Å². The Kier molecular flexibility index (Phi) is 6.89. The third kappa shape index (κ3) is 4.94. The molecule has 8 heteroatoms. The number of carbonyl (C=O) groups excluding carboxylic acids is 1. The number of nitrogens with one attached hydrogen (secondary N) is 2. The lowest BCUT2D eigenvalue weighted by atomic mass is 9.88. The number of rotatable bonds is 6. The highest BCUT2D eigenvalue weighted by molar-refractivity contribution is 6.31. The smallest absolute Gasteiger partial charge is 0.270 e. The summed E-state index contributed by atoms with van der Waals surface area (Å²) in [6.45, 7) is 10.0. The Morgan fingerprint density at radius 2 is 1.97 bits per heavy atom. The molecule has 32 heavy (non-hydrogen) atoms. The zero-order valence-corrected chi connectivity index (χ0v) is 19.2. The van der Waals surface area contributed by atoms with Crippen LogP contribution in [0.25, 0.3) is 17.3 Å². The summed E-state index contributed by atoms with van der Waals surface area (Å²) < 4.78 is 15.0. The van der Waals surface area contributed by atoms with Crippen molar-refractivity contribution in [2.75, 3.05) is 12.4 Å². The van der Waals surface area contributed by atoms with E-state index in [4.69, 9.17) is 11.6 Å². The molecule has 1 amide bonds. The van der Waals surface area contributed by atoms with Gasteiger partial charge in [0.15, 0.2) is 0 Å². The van der Waals surface area contributed by atoms with Gasteiger partial charge in [0.1, 0.15) is 23.7 Å². The van der Waals surface area contributed by atoms with E-state index < -0.39 is 5.82 Å². The summed E-state index contributed by atoms with van der Waals surface area (Å²) in [5, 5.41) is 5.97. The van der Waals surface area contributed by atoms with Crippen LogP contribution in [-0.2, 0) is 12.0 Å². The fourth-order valence-electron chi connectivity index (χ4n) is 3.15. The minimum absolute atomic E-state index is 0.0530. The van der Waals surface area contributed by atoms with Crippen molar-refractivity contribution in [1.82, 2.24) is 20.3 Å². The van der Waals surface area contributed by atoms with E-state index in [1.807, 2.05) is 6.07 Å². The first-order valence-corrected chi connectivity index (χ1v) is 10.4. The molecule has 0 radical (unpaired) electrons. The molecule has 166 valence electrons. The van der Waals surface area contributed by atoms with E-state index in [-0.39, 0.29) is 29.1 Å². The molecule has 0 fully saturated rings. The monoisotopic (exact) mass is 453 g/mol. The van der Waals surface area contributed by atoms with Gasteiger partial charge in [-0.05, 0) is 34.7 Å². The summed E-state index contributed by atoms with van der Waals surface area (Å²) in [4.78, 5) is 25.0. The van der Waals surface area contributed by atoms with Crippen LogP contribution in [0.5, 0.6) is 0 Å². The molecule has 0 aliphatic heterocycles. The molecule has 0 spiro atoms. The van der Waals surface area contributed by atoms with Gasteiger partial charge in [-0.25, -0.2) is 14.4 Å². The van der Waals surface area contributed by atoms with Gasteiger partial charge < -0.3 is 10.6 Å². The van der Waals surface area contributed by atoms with Crippen LogP contribution in [0.15, 0.2) is 43.4 Å². The standard InChI is InChI=1S/C24H25ClFN5O/c1-6-16-21(30-13-31-22(16)27-5)17-10-18(25)14(9-19(17)26)11-29-23(32)20-8-7-15(12-28-20)24(2,3)4/h6-10,12-13H,1,11H2,2-5H3,(H,29,32)(H,27,30,31). The number of hydrogen-bond donors (Lipinski definition) is 2. The van der Waals surface area contributed by atoms with Crippen LogP contribution >= 0.6 is 11.6 Å². The largest absolute Gasteiger partial charge is 0.373 e. The van der Waals surface area contributed by atoms with Gasteiger partial charge in [0.05, 0.1) is 5.69 Å². The molecule has 1 aromatic carbocycles. The number of halogens is 2. The van der Waals surface area contributed by atoms with E-state index in [9.17, 15) is 9.18 Å². The number of pyridine rings is 1. The topological polar surface area (TPSA) is 79.8 Å². The Hall–Kier alpha value is -3.32. The van der Waals surface area contributed by atoms with Crippen molar-refractivity contribution in [3.05, 3.63) is 76.6 Å². The number of carbonyl (C=O) groups is 1.